The highest BCUT2D eigenvalue weighted by molar-refractivity contribution is 5.65. The number of anilines is 1. The van der Waals surface area contributed by atoms with E-state index in [2.05, 4.69) is 4.90 Å². The first-order valence-corrected chi connectivity index (χ1v) is 9.25. The molecule has 0 unspecified atom stereocenters. The summed E-state index contributed by atoms with van der Waals surface area (Å²) in [5, 5.41) is 19.8. The molecule has 3 rings (SSSR count). The van der Waals surface area contributed by atoms with E-state index in [1.54, 1.807) is 7.05 Å². The molecule has 1 saturated heterocycles. The molecule has 1 N–H and O–H groups in total. The third-order valence-corrected chi connectivity index (χ3v) is 5.83. The number of amides is 1. The van der Waals surface area contributed by atoms with Gasteiger partial charge in [-0.15, -0.1) is 0 Å². The lowest BCUT2D eigenvalue weighted by atomic mass is 9.89. The molecule has 1 aliphatic carbocycles. The maximum absolute atomic E-state index is 14.2. The van der Waals surface area contributed by atoms with Gasteiger partial charge in [0.25, 0.3) is 5.69 Å². The number of carboxylic acid groups (broad SMARTS) is 1. The molecule has 8 nitrogen and oxygen atoms in total. The number of rotatable bonds is 4. The Bertz CT molecular complexity index is 701. The van der Waals surface area contributed by atoms with E-state index in [4.69, 9.17) is 5.11 Å². The van der Waals surface area contributed by atoms with Gasteiger partial charge in [0.05, 0.1) is 16.7 Å². The highest BCUT2D eigenvalue weighted by Gasteiger charge is 2.31. The van der Waals surface area contributed by atoms with Crippen molar-refractivity contribution >= 4 is 17.5 Å². The fraction of sp³-hybridized carbons (Fsp3) is 0.611. The van der Waals surface area contributed by atoms with Crippen molar-refractivity contribution in [3.63, 3.8) is 0 Å². The van der Waals surface area contributed by atoms with E-state index in [1.165, 1.54) is 17.0 Å². The van der Waals surface area contributed by atoms with Crippen molar-refractivity contribution in [1.29, 1.82) is 0 Å². The van der Waals surface area contributed by atoms with E-state index in [0.29, 0.717) is 24.8 Å². The van der Waals surface area contributed by atoms with E-state index < -0.39 is 16.8 Å². The third kappa shape index (κ3) is 4.29. The molecule has 0 spiro atoms. The van der Waals surface area contributed by atoms with Gasteiger partial charge >= 0.3 is 6.09 Å². The van der Waals surface area contributed by atoms with Crippen molar-refractivity contribution in [3.05, 3.63) is 34.1 Å². The van der Waals surface area contributed by atoms with Crippen LogP contribution in [0.2, 0.25) is 0 Å². The first kappa shape index (κ1) is 19.3. The molecule has 148 valence electrons. The molecule has 1 aliphatic heterocycles. The predicted molar refractivity (Wildman–Crippen MR) is 98.7 cm³/mol. The Balaban J connectivity index is 1.53. The van der Waals surface area contributed by atoms with Gasteiger partial charge in [-0.2, -0.15) is 0 Å². The zero-order valence-electron chi connectivity index (χ0n) is 15.4. The van der Waals surface area contributed by atoms with Crippen LogP contribution >= 0.6 is 0 Å². The molecule has 2 fully saturated rings. The summed E-state index contributed by atoms with van der Waals surface area (Å²) in [5.74, 6) is -0.560. The summed E-state index contributed by atoms with van der Waals surface area (Å²) in [4.78, 5) is 27.0. The molecule has 1 amide bonds. The second kappa shape index (κ2) is 8.08. The summed E-state index contributed by atoms with van der Waals surface area (Å²) < 4.78 is 14.2. The van der Waals surface area contributed by atoms with E-state index in [-0.39, 0.29) is 11.7 Å². The topological polar surface area (TPSA) is 90.2 Å². The number of hydrogen-bond acceptors (Lipinski definition) is 5. The molecule has 0 radical (unpaired) electrons. The summed E-state index contributed by atoms with van der Waals surface area (Å²) in [6, 6.07) is 4.32. The standard InChI is InChI=1S/C18H25FN4O4/c1-20(18(24)25)13-2-4-14(5-3-13)21-8-10-22(11-9-21)17-7-6-15(23(26)27)12-16(17)19/h6-7,12-14H,2-5,8-11H2,1H3,(H,24,25). The van der Waals surface area contributed by atoms with Gasteiger partial charge in [0.1, 0.15) is 0 Å². The van der Waals surface area contributed by atoms with Crippen LogP contribution in [-0.2, 0) is 0 Å². The number of hydrogen-bond donors (Lipinski definition) is 1. The third-order valence-electron chi connectivity index (χ3n) is 5.83. The van der Waals surface area contributed by atoms with Crippen LogP contribution in [0.5, 0.6) is 0 Å². The van der Waals surface area contributed by atoms with Gasteiger partial charge in [-0.05, 0) is 31.7 Å². The van der Waals surface area contributed by atoms with Crippen LogP contribution in [0.15, 0.2) is 18.2 Å². The summed E-state index contributed by atoms with van der Waals surface area (Å²) in [6.45, 7) is 2.95. The minimum atomic E-state index is -0.878. The highest BCUT2D eigenvalue weighted by atomic mass is 19.1. The number of nitro groups is 1. The lowest BCUT2D eigenvalue weighted by Gasteiger charge is -2.43. The summed E-state index contributed by atoms with van der Waals surface area (Å²) in [7, 11) is 1.63. The molecular formula is C18H25FN4O4. The van der Waals surface area contributed by atoms with Gasteiger partial charge < -0.3 is 14.9 Å². The molecule has 0 bridgehead atoms. The van der Waals surface area contributed by atoms with Crippen molar-refractivity contribution in [3.8, 4) is 0 Å². The Kier molecular flexibility index (Phi) is 5.79. The minimum Gasteiger partial charge on any atom is -0.465 e. The van der Waals surface area contributed by atoms with Crippen molar-refractivity contribution in [2.75, 3.05) is 38.1 Å². The number of halogens is 1. The average molecular weight is 380 g/mol. The number of non-ortho nitro benzene ring substituents is 1. The number of nitrogens with zero attached hydrogens (tertiary/aromatic N) is 4. The number of benzene rings is 1. The Morgan fingerprint density at radius 2 is 1.85 bits per heavy atom. The molecule has 9 heteroatoms. The highest BCUT2D eigenvalue weighted by Crippen LogP contribution is 2.29. The van der Waals surface area contributed by atoms with Crippen LogP contribution in [0.4, 0.5) is 20.6 Å². The summed E-state index contributed by atoms with van der Waals surface area (Å²) >= 11 is 0. The van der Waals surface area contributed by atoms with Crippen LogP contribution in [0.1, 0.15) is 25.7 Å². The van der Waals surface area contributed by atoms with E-state index >= 15 is 0 Å². The van der Waals surface area contributed by atoms with Crippen molar-refractivity contribution < 1.29 is 19.2 Å². The van der Waals surface area contributed by atoms with Gasteiger partial charge in [0.2, 0.25) is 0 Å². The Labute approximate surface area is 157 Å². The van der Waals surface area contributed by atoms with Gasteiger partial charge in [-0.1, -0.05) is 0 Å². The molecular weight excluding hydrogens is 355 g/mol. The number of carbonyl (C=O) groups is 1. The lowest BCUT2D eigenvalue weighted by Crippen LogP contribution is -2.52. The summed E-state index contributed by atoms with van der Waals surface area (Å²) in [6.07, 6.45) is 2.79. The van der Waals surface area contributed by atoms with Crippen LogP contribution < -0.4 is 4.90 Å². The lowest BCUT2D eigenvalue weighted by molar-refractivity contribution is -0.385. The molecule has 1 heterocycles. The zero-order chi connectivity index (χ0) is 19.6. The fourth-order valence-corrected chi connectivity index (χ4v) is 4.16. The monoisotopic (exact) mass is 380 g/mol. The minimum absolute atomic E-state index is 0.0919. The van der Waals surface area contributed by atoms with Crippen molar-refractivity contribution in [2.24, 2.45) is 0 Å². The molecule has 0 atom stereocenters. The predicted octanol–water partition coefficient (Wildman–Crippen LogP) is 2.78. The SMILES string of the molecule is CN(C(=O)O)C1CCC(N2CCN(c3ccc([N+](=O)[O-])cc3F)CC2)CC1. The average Bonchev–Trinajstić information content (AvgIpc) is 2.67. The molecule has 1 saturated carbocycles. The van der Waals surface area contributed by atoms with Gasteiger partial charge in [0.15, 0.2) is 5.82 Å². The Morgan fingerprint density at radius 3 is 2.37 bits per heavy atom. The van der Waals surface area contributed by atoms with Crippen molar-refractivity contribution in [2.45, 2.75) is 37.8 Å². The largest absolute Gasteiger partial charge is 0.465 e. The van der Waals surface area contributed by atoms with Crippen LogP contribution in [-0.4, -0.2) is 71.2 Å². The Morgan fingerprint density at radius 1 is 1.22 bits per heavy atom. The summed E-state index contributed by atoms with van der Waals surface area (Å²) in [5.41, 5.74) is 0.171. The molecule has 1 aromatic rings. The van der Waals surface area contributed by atoms with Crippen LogP contribution in [0, 0.1) is 15.9 Å². The van der Waals surface area contributed by atoms with Gasteiger partial charge in [-0.25, -0.2) is 9.18 Å². The second-order valence-corrected chi connectivity index (χ2v) is 7.27. The van der Waals surface area contributed by atoms with Crippen LogP contribution in [0.25, 0.3) is 0 Å². The van der Waals surface area contributed by atoms with E-state index in [9.17, 15) is 19.3 Å². The number of nitro benzene ring substituents is 1. The Hall–Kier alpha value is -2.42. The first-order valence-electron chi connectivity index (χ1n) is 9.25. The molecule has 2 aliphatic rings. The van der Waals surface area contributed by atoms with Gasteiger partial charge in [-0.3, -0.25) is 15.0 Å². The first-order chi connectivity index (χ1) is 12.9. The fourth-order valence-electron chi connectivity index (χ4n) is 4.16. The van der Waals surface area contributed by atoms with Crippen LogP contribution in [0.3, 0.4) is 0 Å². The van der Waals surface area contributed by atoms with Crippen molar-refractivity contribution in [1.82, 2.24) is 9.80 Å². The van der Waals surface area contributed by atoms with E-state index in [0.717, 1.165) is 44.8 Å². The quantitative estimate of drug-likeness (QED) is 0.638. The van der Waals surface area contributed by atoms with E-state index in [1.807, 2.05) is 4.90 Å². The molecule has 1 aromatic carbocycles. The number of piperazine rings is 1. The maximum Gasteiger partial charge on any atom is 0.407 e. The maximum atomic E-state index is 14.2. The normalized spacial score (nSPS) is 23.9. The van der Waals surface area contributed by atoms with Gasteiger partial charge in [0, 0.05) is 51.4 Å². The molecule has 0 aromatic heterocycles. The second-order valence-electron chi connectivity index (χ2n) is 7.27. The smallest absolute Gasteiger partial charge is 0.407 e. The molecule has 27 heavy (non-hydrogen) atoms. The zero-order valence-corrected chi connectivity index (χ0v) is 15.4.